The van der Waals surface area contributed by atoms with Gasteiger partial charge in [-0.3, -0.25) is 0 Å². The van der Waals surface area contributed by atoms with Crippen molar-refractivity contribution in [2.75, 3.05) is 20.1 Å². The van der Waals surface area contributed by atoms with Gasteiger partial charge in [0.05, 0.1) is 0 Å². The van der Waals surface area contributed by atoms with Crippen LogP contribution in [0.15, 0.2) is 29.2 Å². The summed E-state index contributed by atoms with van der Waals surface area (Å²) >= 11 is 0. The number of piperidine rings is 1. The van der Waals surface area contributed by atoms with Crippen molar-refractivity contribution in [3.05, 3.63) is 30.0 Å². The quantitative estimate of drug-likeness (QED) is 0.916. The smallest absolute Gasteiger partial charge is 0.245 e. The first-order valence-electron chi connectivity index (χ1n) is 7.68. The number of nitrogens with one attached hydrogen (secondary N) is 1. The van der Waals surface area contributed by atoms with Crippen LogP contribution in [0.3, 0.4) is 0 Å². The highest BCUT2D eigenvalue weighted by molar-refractivity contribution is 7.89. The van der Waals surface area contributed by atoms with Crippen molar-refractivity contribution in [2.24, 2.45) is 7.05 Å². The predicted octanol–water partition coefficient (Wildman–Crippen LogP) is 2.28. The third kappa shape index (κ3) is 3.01. The highest BCUT2D eigenvalue weighted by Gasteiger charge is 2.32. The fourth-order valence-electron chi connectivity index (χ4n) is 3.33. The number of rotatable bonds is 3. The van der Waals surface area contributed by atoms with Crippen LogP contribution in [0, 0.1) is 6.92 Å². The third-order valence-electron chi connectivity index (χ3n) is 4.80. The van der Waals surface area contributed by atoms with Gasteiger partial charge in [-0.1, -0.05) is 18.2 Å². The van der Waals surface area contributed by atoms with Crippen molar-refractivity contribution >= 4 is 33.3 Å². The first-order chi connectivity index (χ1) is 10.5. The van der Waals surface area contributed by atoms with Crippen molar-refractivity contribution in [3.8, 4) is 0 Å². The molecule has 0 spiro atoms. The molecule has 0 atom stereocenters. The fourth-order valence-corrected chi connectivity index (χ4v) is 5.24. The van der Waals surface area contributed by atoms with Crippen molar-refractivity contribution in [1.82, 2.24) is 14.2 Å². The van der Waals surface area contributed by atoms with Crippen LogP contribution in [-0.2, 0) is 17.1 Å². The molecule has 0 saturated carbocycles. The zero-order valence-electron chi connectivity index (χ0n) is 13.7. The second kappa shape index (κ2) is 6.81. The van der Waals surface area contributed by atoms with Crippen LogP contribution in [0.4, 0.5) is 0 Å². The number of nitrogens with zero attached hydrogens (tertiary/aromatic N) is 2. The van der Waals surface area contributed by atoms with E-state index in [9.17, 15) is 8.42 Å². The second-order valence-electron chi connectivity index (χ2n) is 5.96. The molecular weight excluding hydrogens is 334 g/mol. The molecule has 1 N–H and O–H groups in total. The Labute approximate surface area is 144 Å². The van der Waals surface area contributed by atoms with E-state index in [-0.39, 0.29) is 12.4 Å². The maximum absolute atomic E-state index is 13.1. The van der Waals surface area contributed by atoms with E-state index in [2.05, 4.69) is 5.32 Å². The highest BCUT2D eigenvalue weighted by atomic mass is 35.5. The van der Waals surface area contributed by atoms with E-state index in [0.717, 1.165) is 29.4 Å². The lowest BCUT2D eigenvalue weighted by Crippen LogP contribution is -2.44. The molecule has 1 aliphatic heterocycles. The zero-order chi connectivity index (χ0) is 15.9. The maximum atomic E-state index is 13.1. The molecule has 0 aliphatic carbocycles. The Hall–Kier alpha value is -1.08. The van der Waals surface area contributed by atoms with Crippen LogP contribution in [0.2, 0.25) is 0 Å². The number of para-hydroxylation sites is 1. The minimum absolute atomic E-state index is 0. The van der Waals surface area contributed by atoms with Crippen molar-refractivity contribution in [3.63, 3.8) is 0 Å². The van der Waals surface area contributed by atoms with Gasteiger partial charge in [0.1, 0.15) is 4.90 Å². The summed E-state index contributed by atoms with van der Waals surface area (Å²) in [6.07, 6.45) is 1.72. The van der Waals surface area contributed by atoms with Gasteiger partial charge in [0.15, 0.2) is 0 Å². The molecule has 5 nitrogen and oxygen atoms in total. The lowest BCUT2D eigenvalue weighted by atomic mass is 10.1. The molecule has 0 bridgehead atoms. The van der Waals surface area contributed by atoms with Gasteiger partial charge in [0, 0.05) is 42.8 Å². The Morgan fingerprint density at radius 2 is 1.78 bits per heavy atom. The Morgan fingerprint density at radius 3 is 2.39 bits per heavy atom. The van der Waals surface area contributed by atoms with Crippen LogP contribution in [-0.4, -0.2) is 43.5 Å². The normalized spacial score (nSPS) is 17.3. The van der Waals surface area contributed by atoms with Gasteiger partial charge in [0.25, 0.3) is 0 Å². The molecule has 1 fully saturated rings. The lowest BCUT2D eigenvalue weighted by Gasteiger charge is -2.31. The number of aromatic nitrogens is 1. The Kier molecular flexibility index (Phi) is 5.41. The molecule has 7 heteroatoms. The van der Waals surface area contributed by atoms with Crippen LogP contribution in [0.1, 0.15) is 18.5 Å². The molecule has 1 aromatic heterocycles. The summed E-state index contributed by atoms with van der Waals surface area (Å²) in [6.45, 7) is 3.04. The summed E-state index contributed by atoms with van der Waals surface area (Å²) in [4.78, 5) is 0.466. The molecule has 0 amide bonds. The molecule has 2 heterocycles. The molecule has 3 rings (SSSR count). The molecule has 1 aromatic carbocycles. The summed E-state index contributed by atoms with van der Waals surface area (Å²) in [5.74, 6) is 0. The van der Waals surface area contributed by atoms with Gasteiger partial charge in [-0.15, -0.1) is 12.4 Å². The van der Waals surface area contributed by atoms with Crippen molar-refractivity contribution in [1.29, 1.82) is 0 Å². The van der Waals surface area contributed by atoms with E-state index in [0.29, 0.717) is 24.0 Å². The third-order valence-corrected chi connectivity index (χ3v) is 6.88. The van der Waals surface area contributed by atoms with Gasteiger partial charge in [-0.05, 0) is 32.9 Å². The number of aryl methyl sites for hydroxylation is 1. The highest BCUT2D eigenvalue weighted by Crippen LogP contribution is 2.32. The Bertz CT molecular complexity index is 793. The maximum Gasteiger partial charge on any atom is 0.245 e. The number of halogens is 1. The van der Waals surface area contributed by atoms with Crippen LogP contribution >= 0.6 is 12.4 Å². The summed E-state index contributed by atoms with van der Waals surface area (Å²) in [6, 6.07) is 8.12. The van der Waals surface area contributed by atoms with Gasteiger partial charge < -0.3 is 9.88 Å². The number of sulfonamides is 1. The first-order valence-corrected chi connectivity index (χ1v) is 9.12. The Balaban J connectivity index is 0.00000192. The Morgan fingerprint density at radius 1 is 1.17 bits per heavy atom. The molecule has 128 valence electrons. The van der Waals surface area contributed by atoms with Crippen molar-refractivity contribution in [2.45, 2.75) is 30.7 Å². The summed E-state index contributed by atoms with van der Waals surface area (Å²) in [5.41, 5.74) is 1.76. The van der Waals surface area contributed by atoms with Gasteiger partial charge >= 0.3 is 0 Å². The molecule has 23 heavy (non-hydrogen) atoms. The second-order valence-corrected chi connectivity index (χ2v) is 7.83. The van der Waals surface area contributed by atoms with Crippen LogP contribution in [0.5, 0.6) is 0 Å². The number of hydrogen-bond donors (Lipinski definition) is 1. The number of hydrogen-bond acceptors (Lipinski definition) is 3. The summed E-state index contributed by atoms with van der Waals surface area (Å²) in [7, 11) is 0.409. The topological polar surface area (TPSA) is 54.3 Å². The molecule has 0 unspecified atom stereocenters. The molecule has 0 radical (unpaired) electrons. The number of benzene rings is 1. The molecule has 2 aromatic rings. The molecular formula is C16H24ClN3O2S. The van der Waals surface area contributed by atoms with E-state index in [1.807, 2.05) is 49.9 Å². The van der Waals surface area contributed by atoms with Gasteiger partial charge in [-0.2, -0.15) is 4.31 Å². The standard InChI is InChI=1S/C16H23N3O2S.ClH/c1-12-16(14-6-4-5-7-15(14)18(12)3)22(20,21)19-10-8-13(17-2)9-11-19;/h4-7,13,17H,8-11H2,1-3H3;1H. The van der Waals surface area contributed by atoms with Crippen LogP contribution < -0.4 is 5.32 Å². The average Bonchev–Trinajstić information content (AvgIpc) is 2.80. The first kappa shape index (κ1) is 18.3. The molecule has 1 saturated heterocycles. The summed E-state index contributed by atoms with van der Waals surface area (Å²) < 4.78 is 29.8. The van der Waals surface area contributed by atoms with Gasteiger partial charge in [0.2, 0.25) is 10.0 Å². The average molecular weight is 358 g/mol. The lowest BCUT2D eigenvalue weighted by molar-refractivity contribution is 0.298. The van der Waals surface area contributed by atoms with E-state index in [1.54, 1.807) is 4.31 Å². The summed E-state index contributed by atoms with van der Waals surface area (Å²) in [5, 5.41) is 4.05. The fraction of sp³-hybridized carbons (Fsp3) is 0.500. The minimum Gasteiger partial charge on any atom is -0.347 e. The SMILES string of the molecule is CNC1CCN(S(=O)(=O)c2c(C)n(C)c3ccccc23)CC1.Cl. The van der Waals surface area contributed by atoms with E-state index in [1.165, 1.54) is 0 Å². The molecule has 1 aliphatic rings. The van der Waals surface area contributed by atoms with Crippen molar-refractivity contribution < 1.29 is 8.42 Å². The zero-order valence-corrected chi connectivity index (χ0v) is 15.4. The van der Waals surface area contributed by atoms with E-state index in [4.69, 9.17) is 0 Å². The van der Waals surface area contributed by atoms with Gasteiger partial charge in [-0.25, -0.2) is 8.42 Å². The monoisotopic (exact) mass is 357 g/mol. The van der Waals surface area contributed by atoms with E-state index < -0.39 is 10.0 Å². The minimum atomic E-state index is -3.45. The van der Waals surface area contributed by atoms with E-state index >= 15 is 0 Å². The number of fused-ring (bicyclic) bond motifs is 1. The van der Waals surface area contributed by atoms with Crippen LogP contribution in [0.25, 0.3) is 10.9 Å². The largest absolute Gasteiger partial charge is 0.347 e. The predicted molar refractivity (Wildman–Crippen MR) is 95.7 cm³/mol.